The summed E-state index contributed by atoms with van der Waals surface area (Å²) in [5.74, 6) is 0.227. The molecular weight excluding hydrogens is 448 g/mol. The largest absolute Gasteiger partial charge is 0.508 e. The first kappa shape index (κ1) is 30.3. The Bertz CT molecular complexity index is 787. The highest BCUT2D eigenvalue weighted by Gasteiger charge is 2.31. The molecule has 1 aliphatic rings. The van der Waals surface area contributed by atoms with Crippen LogP contribution in [0.2, 0.25) is 0 Å². The second-order valence-electron chi connectivity index (χ2n) is 10.4. The molecule has 1 aliphatic carbocycles. The molecule has 1 atom stereocenters. The molecule has 0 heterocycles. The van der Waals surface area contributed by atoms with Gasteiger partial charge in [-0.05, 0) is 76.1 Å². The number of aromatic hydroxyl groups is 1. The predicted molar refractivity (Wildman–Crippen MR) is 151 cm³/mol. The minimum Gasteiger partial charge on any atom is -0.508 e. The molecule has 0 bridgehead atoms. The van der Waals surface area contributed by atoms with Gasteiger partial charge in [0.1, 0.15) is 5.75 Å². The number of rotatable bonds is 13. The zero-order valence-electron chi connectivity index (χ0n) is 22.9. The number of nitrogens with zero attached hydrogens (tertiary/aromatic N) is 1. The second-order valence-corrected chi connectivity index (χ2v) is 10.4. The first-order valence-corrected chi connectivity index (χ1v) is 13.9. The molecule has 0 amide bonds. The summed E-state index contributed by atoms with van der Waals surface area (Å²) >= 11 is 0. The maximum absolute atomic E-state index is 9.77. The minimum absolute atomic E-state index is 0.0875. The van der Waals surface area contributed by atoms with Crippen LogP contribution in [0.15, 0.2) is 54.6 Å². The van der Waals surface area contributed by atoms with E-state index in [0.29, 0.717) is 6.54 Å². The fraction of sp³-hybridized carbons (Fsp3) is 0.613. The van der Waals surface area contributed by atoms with Crippen molar-refractivity contribution in [1.29, 1.82) is 0 Å². The normalized spacial score (nSPS) is 16.1. The van der Waals surface area contributed by atoms with Crippen LogP contribution in [0.25, 0.3) is 0 Å². The average Bonchev–Trinajstić information content (AvgIpc) is 3.11. The Morgan fingerprint density at radius 1 is 0.944 bits per heavy atom. The summed E-state index contributed by atoms with van der Waals surface area (Å²) in [5.41, 5.74) is 2.34. The topological polar surface area (TPSA) is 65.0 Å². The summed E-state index contributed by atoms with van der Waals surface area (Å²) < 4.78 is 6.48. The van der Waals surface area contributed by atoms with Gasteiger partial charge in [-0.3, -0.25) is 0 Å². The molecule has 36 heavy (non-hydrogen) atoms. The van der Waals surface area contributed by atoms with E-state index in [9.17, 15) is 5.11 Å². The smallest absolute Gasteiger partial charge is 0.115 e. The molecular formula is C31H50N2O3. The van der Waals surface area contributed by atoms with Crippen molar-refractivity contribution in [3.05, 3.63) is 65.7 Å². The SMILES string of the molecule is CCCCNCC(O)c1ccc(O)cc1.CN(C)CCCOC1(Cc2ccccc2)CCCCCC1. The Morgan fingerprint density at radius 3 is 2.22 bits per heavy atom. The number of aliphatic hydroxyl groups excluding tert-OH is 1. The van der Waals surface area contributed by atoms with E-state index < -0.39 is 6.10 Å². The maximum Gasteiger partial charge on any atom is 0.115 e. The van der Waals surface area contributed by atoms with Gasteiger partial charge in [-0.25, -0.2) is 0 Å². The zero-order chi connectivity index (χ0) is 26.1. The number of unbranched alkanes of at least 4 members (excludes halogenated alkanes) is 1. The fourth-order valence-electron chi connectivity index (χ4n) is 4.74. The highest BCUT2D eigenvalue weighted by Crippen LogP contribution is 2.34. The summed E-state index contributed by atoms with van der Waals surface area (Å²) in [7, 11) is 4.26. The third-order valence-electron chi connectivity index (χ3n) is 6.86. The number of benzene rings is 2. The average molecular weight is 499 g/mol. The molecule has 2 aromatic rings. The summed E-state index contributed by atoms with van der Waals surface area (Å²) in [4.78, 5) is 2.24. The minimum atomic E-state index is -0.498. The molecule has 0 spiro atoms. The van der Waals surface area contributed by atoms with Crippen molar-refractivity contribution >= 4 is 0 Å². The summed E-state index contributed by atoms with van der Waals surface area (Å²) in [5, 5.41) is 22.0. The molecule has 0 aromatic heterocycles. The van der Waals surface area contributed by atoms with Crippen molar-refractivity contribution in [2.45, 2.75) is 82.8 Å². The van der Waals surface area contributed by atoms with E-state index in [0.717, 1.165) is 50.9 Å². The van der Waals surface area contributed by atoms with E-state index in [4.69, 9.17) is 9.84 Å². The molecule has 1 fully saturated rings. The predicted octanol–water partition coefficient (Wildman–Crippen LogP) is 6.11. The third-order valence-corrected chi connectivity index (χ3v) is 6.86. The Balaban J connectivity index is 0.000000269. The first-order valence-electron chi connectivity index (χ1n) is 13.9. The monoisotopic (exact) mass is 498 g/mol. The van der Waals surface area contributed by atoms with Crippen molar-refractivity contribution in [2.75, 3.05) is 40.3 Å². The van der Waals surface area contributed by atoms with Gasteiger partial charge in [-0.2, -0.15) is 0 Å². The number of ether oxygens (including phenoxy) is 1. The molecule has 5 heteroatoms. The number of hydrogen-bond acceptors (Lipinski definition) is 5. The van der Waals surface area contributed by atoms with E-state index in [1.54, 1.807) is 24.3 Å². The maximum atomic E-state index is 9.77. The van der Waals surface area contributed by atoms with Crippen LogP contribution < -0.4 is 5.32 Å². The number of phenolic OH excluding ortho intramolecular Hbond substituents is 1. The summed E-state index contributed by atoms with van der Waals surface area (Å²) in [6.07, 6.45) is 11.8. The van der Waals surface area contributed by atoms with Crippen LogP contribution in [0.1, 0.15) is 81.9 Å². The van der Waals surface area contributed by atoms with E-state index >= 15 is 0 Å². The van der Waals surface area contributed by atoms with Crippen LogP contribution in [0, 0.1) is 0 Å². The van der Waals surface area contributed by atoms with Crippen LogP contribution in [-0.4, -0.2) is 61.1 Å². The van der Waals surface area contributed by atoms with Crippen LogP contribution in [0.3, 0.4) is 0 Å². The van der Waals surface area contributed by atoms with E-state index in [-0.39, 0.29) is 11.4 Å². The zero-order valence-corrected chi connectivity index (χ0v) is 22.9. The molecule has 202 valence electrons. The molecule has 3 N–H and O–H groups in total. The third kappa shape index (κ3) is 12.4. The van der Waals surface area contributed by atoms with Gasteiger partial charge in [0.2, 0.25) is 0 Å². The molecule has 5 nitrogen and oxygen atoms in total. The van der Waals surface area contributed by atoms with Gasteiger partial charge in [-0.15, -0.1) is 0 Å². The fourth-order valence-corrected chi connectivity index (χ4v) is 4.74. The lowest BCUT2D eigenvalue weighted by molar-refractivity contribution is -0.0580. The van der Waals surface area contributed by atoms with Crippen molar-refractivity contribution in [2.24, 2.45) is 0 Å². The van der Waals surface area contributed by atoms with Gasteiger partial charge in [-0.1, -0.05) is 81.5 Å². The molecule has 1 unspecified atom stereocenters. The number of phenols is 1. The quantitative estimate of drug-likeness (QED) is 0.230. The van der Waals surface area contributed by atoms with Gasteiger partial charge in [0.05, 0.1) is 11.7 Å². The number of aliphatic hydroxyl groups is 1. The standard InChI is InChI=1S/C19H31NO.C12H19NO2/c1-20(2)15-10-16-21-19(13-8-3-4-9-14-19)17-18-11-6-5-7-12-18;1-2-3-8-13-9-12(15)10-4-6-11(14)7-5-10/h5-7,11-12H,3-4,8-10,13-17H2,1-2H3;4-7,12-15H,2-3,8-9H2,1H3. The van der Waals surface area contributed by atoms with E-state index in [2.05, 4.69) is 61.6 Å². The highest BCUT2D eigenvalue weighted by molar-refractivity contribution is 5.27. The van der Waals surface area contributed by atoms with Gasteiger partial charge < -0.3 is 25.2 Å². The van der Waals surface area contributed by atoms with Gasteiger partial charge in [0.25, 0.3) is 0 Å². The molecule has 1 saturated carbocycles. The lowest BCUT2D eigenvalue weighted by Crippen LogP contribution is -2.35. The Hall–Kier alpha value is -1.92. The van der Waals surface area contributed by atoms with Crippen molar-refractivity contribution < 1.29 is 14.9 Å². The molecule has 2 aromatic carbocycles. The first-order chi connectivity index (χ1) is 17.4. The Morgan fingerprint density at radius 2 is 1.61 bits per heavy atom. The van der Waals surface area contributed by atoms with Crippen LogP contribution in [0.4, 0.5) is 0 Å². The van der Waals surface area contributed by atoms with Crippen LogP contribution >= 0.6 is 0 Å². The number of nitrogens with one attached hydrogen (secondary N) is 1. The summed E-state index contributed by atoms with van der Waals surface area (Å²) in [6.45, 7) is 5.64. The van der Waals surface area contributed by atoms with Crippen molar-refractivity contribution in [3.8, 4) is 5.75 Å². The lowest BCUT2D eigenvalue weighted by atomic mass is 9.87. The molecule has 0 aliphatic heterocycles. The second kappa shape index (κ2) is 17.5. The molecule has 3 rings (SSSR count). The van der Waals surface area contributed by atoms with Crippen LogP contribution in [0.5, 0.6) is 5.75 Å². The Kier molecular flexibility index (Phi) is 14.7. The van der Waals surface area contributed by atoms with E-state index in [1.165, 1.54) is 44.1 Å². The van der Waals surface area contributed by atoms with Gasteiger partial charge >= 0.3 is 0 Å². The molecule has 0 radical (unpaired) electrons. The Labute approximate surface area is 219 Å². The summed E-state index contributed by atoms with van der Waals surface area (Å²) in [6, 6.07) is 17.5. The number of hydrogen-bond donors (Lipinski definition) is 3. The van der Waals surface area contributed by atoms with Gasteiger partial charge in [0.15, 0.2) is 0 Å². The highest BCUT2D eigenvalue weighted by atomic mass is 16.5. The van der Waals surface area contributed by atoms with Gasteiger partial charge in [0, 0.05) is 19.6 Å². The lowest BCUT2D eigenvalue weighted by Gasteiger charge is -2.33. The molecule has 0 saturated heterocycles. The van der Waals surface area contributed by atoms with Crippen LogP contribution in [-0.2, 0) is 11.2 Å². The van der Waals surface area contributed by atoms with Crippen molar-refractivity contribution in [3.63, 3.8) is 0 Å². The van der Waals surface area contributed by atoms with Crippen molar-refractivity contribution in [1.82, 2.24) is 10.2 Å². The van der Waals surface area contributed by atoms with E-state index in [1.807, 2.05) is 0 Å².